The Balaban J connectivity index is 2.01. The van der Waals surface area contributed by atoms with Gasteiger partial charge in [0.1, 0.15) is 0 Å². The minimum absolute atomic E-state index is 0.00205. The van der Waals surface area contributed by atoms with Crippen molar-refractivity contribution in [2.24, 2.45) is 5.73 Å². The molecule has 1 aliphatic rings. The molecule has 0 aromatic carbocycles. The number of nitrogens with two attached hydrogens (primary N) is 1. The van der Waals surface area contributed by atoms with Crippen molar-refractivity contribution in [3.8, 4) is 0 Å². The summed E-state index contributed by atoms with van der Waals surface area (Å²) < 4.78 is 36.9. The van der Waals surface area contributed by atoms with Crippen molar-refractivity contribution >= 4 is 16.5 Å². The van der Waals surface area contributed by atoms with Gasteiger partial charge in [0, 0.05) is 12.1 Å². The Morgan fingerprint density at radius 3 is 2.53 bits per heavy atom. The van der Waals surface area contributed by atoms with Gasteiger partial charge in [0.15, 0.2) is 0 Å². The number of nitrogens with zero attached hydrogens (tertiary/aromatic N) is 2. The lowest BCUT2D eigenvalue weighted by Gasteiger charge is -2.28. The fraction of sp³-hybridized carbons (Fsp3) is 0.778. The van der Waals surface area contributed by atoms with Crippen molar-refractivity contribution < 1.29 is 13.2 Å². The maximum Gasteiger partial charge on any atom is 0.445 e. The zero-order valence-corrected chi connectivity index (χ0v) is 9.81. The van der Waals surface area contributed by atoms with Gasteiger partial charge in [-0.3, -0.25) is 0 Å². The molecule has 0 saturated heterocycles. The lowest BCUT2D eigenvalue weighted by Crippen LogP contribution is -2.42. The number of aromatic nitrogens is 2. The quantitative estimate of drug-likeness (QED) is 0.861. The largest absolute Gasteiger partial charge is 0.445 e. The standard InChI is InChI=1S/C9H13F3N4S/c10-9(11,12)7-15-16-8(17-7)14-6-4-2-1-3-5(6)13/h5-6H,1-4,13H2,(H,14,16)/t5-,6-/m1/s1. The first-order valence-corrected chi connectivity index (χ1v) is 6.21. The Hall–Kier alpha value is -0.890. The molecule has 1 aromatic rings. The summed E-state index contributed by atoms with van der Waals surface area (Å²) in [5, 5.41) is 8.82. The molecule has 1 fully saturated rings. The summed E-state index contributed by atoms with van der Waals surface area (Å²) in [6, 6.07) is -0.0280. The number of rotatable bonds is 2. The molecule has 0 radical (unpaired) electrons. The second-order valence-corrected chi connectivity index (χ2v) is 5.09. The molecule has 1 heterocycles. The monoisotopic (exact) mass is 266 g/mol. The Morgan fingerprint density at radius 1 is 1.24 bits per heavy atom. The van der Waals surface area contributed by atoms with Crippen LogP contribution in [-0.2, 0) is 6.18 Å². The average Bonchev–Trinajstić information content (AvgIpc) is 2.69. The van der Waals surface area contributed by atoms with Gasteiger partial charge in [0.2, 0.25) is 10.1 Å². The van der Waals surface area contributed by atoms with Gasteiger partial charge < -0.3 is 11.1 Å². The number of anilines is 1. The van der Waals surface area contributed by atoms with Crippen LogP contribution in [0.2, 0.25) is 0 Å². The van der Waals surface area contributed by atoms with E-state index in [2.05, 4.69) is 15.5 Å². The topological polar surface area (TPSA) is 63.8 Å². The molecule has 96 valence electrons. The SMILES string of the molecule is N[C@@H]1CCCC[C@H]1Nc1nnc(C(F)(F)F)s1. The molecule has 0 amide bonds. The van der Waals surface area contributed by atoms with Gasteiger partial charge in [0.25, 0.3) is 0 Å². The van der Waals surface area contributed by atoms with Crippen LogP contribution in [0.4, 0.5) is 18.3 Å². The summed E-state index contributed by atoms with van der Waals surface area (Å²) in [6.07, 6.45) is -0.559. The third-order valence-electron chi connectivity index (χ3n) is 2.80. The fourth-order valence-corrected chi connectivity index (χ4v) is 2.57. The minimum Gasteiger partial charge on any atom is -0.356 e. The molecular weight excluding hydrogens is 253 g/mol. The second-order valence-electron chi connectivity index (χ2n) is 4.11. The van der Waals surface area contributed by atoms with E-state index < -0.39 is 11.2 Å². The zero-order valence-electron chi connectivity index (χ0n) is 9.00. The van der Waals surface area contributed by atoms with Gasteiger partial charge in [-0.25, -0.2) is 0 Å². The molecule has 0 aliphatic heterocycles. The summed E-state index contributed by atoms with van der Waals surface area (Å²) in [4.78, 5) is 0. The van der Waals surface area contributed by atoms with E-state index in [0.29, 0.717) is 11.3 Å². The molecule has 0 spiro atoms. The molecule has 1 aliphatic carbocycles. The highest BCUT2D eigenvalue weighted by Gasteiger charge is 2.36. The first-order valence-electron chi connectivity index (χ1n) is 5.39. The first-order chi connectivity index (χ1) is 7.97. The van der Waals surface area contributed by atoms with Gasteiger partial charge in [-0.1, -0.05) is 24.2 Å². The van der Waals surface area contributed by atoms with Gasteiger partial charge >= 0.3 is 6.18 Å². The van der Waals surface area contributed by atoms with Gasteiger partial charge in [-0.05, 0) is 12.8 Å². The van der Waals surface area contributed by atoms with Crippen LogP contribution in [0, 0.1) is 0 Å². The van der Waals surface area contributed by atoms with E-state index >= 15 is 0 Å². The summed E-state index contributed by atoms with van der Waals surface area (Å²) in [5.41, 5.74) is 5.89. The van der Waals surface area contributed by atoms with Gasteiger partial charge in [0.05, 0.1) is 0 Å². The highest BCUT2D eigenvalue weighted by molar-refractivity contribution is 7.15. The molecule has 1 saturated carbocycles. The third kappa shape index (κ3) is 3.06. The molecular formula is C9H13F3N4S. The van der Waals surface area contributed by atoms with E-state index in [-0.39, 0.29) is 17.2 Å². The fourth-order valence-electron chi connectivity index (χ4n) is 1.89. The van der Waals surface area contributed by atoms with Gasteiger partial charge in [-0.15, -0.1) is 10.2 Å². The molecule has 2 rings (SSSR count). The third-order valence-corrected chi connectivity index (χ3v) is 3.70. The van der Waals surface area contributed by atoms with Crippen LogP contribution in [-0.4, -0.2) is 22.3 Å². The average molecular weight is 266 g/mol. The lowest BCUT2D eigenvalue weighted by molar-refractivity contribution is -0.138. The normalized spacial score (nSPS) is 25.9. The Kier molecular flexibility index (Phi) is 3.53. The van der Waals surface area contributed by atoms with Crippen LogP contribution in [0.3, 0.4) is 0 Å². The molecule has 0 bridgehead atoms. The summed E-state index contributed by atoms with van der Waals surface area (Å²) in [6.45, 7) is 0. The second kappa shape index (κ2) is 4.77. The van der Waals surface area contributed by atoms with Crippen molar-refractivity contribution in [1.82, 2.24) is 10.2 Å². The van der Waals surface area contributed by atoms with Crippen LogP contribution in [0.1, 0.15) is 30.7 Å². The molecule has 4 nitrogen and oxygen atoms in total. The molecule has 2 atom stereocenters. The van der Waals surface area contributed by atoms with Crippen LogP contribution in [0.25, 0.3) is 0 Å². The van der Waals surface area contributed by atoms with Crippen molar-refractivity contribution in [1.29, 1.82) is 0 Å². The Bertz CT molecular complexity index is 379. The first kappa shape index (κ1) is 12.6. The molecule has 0 unspecified atom stereocenters. The van der Waals surface area contributed by atoms with Crippen molar-refractivity contribution in [2.45, 2.75) is 43.9 Å². The summed E-state index contributed by atoms with van der Waals surface area (Å²) in [5.74, 6) is 0. The highest BCUT2D eigenvalue weighted by atomic mass is 32.1. The molecule has 8 heteroatoms. The van der Waals surface area contributed by atoms with Crippen LogP contribution >= 0.6 is 11.3 Å². The van der Waals surface area contributed by atoms with Crippen molar-refractivity contribution in [3.63, 3.8) is 0 Å². The van der Waals surface area contributed by atoms with E-state index in [9.17, 15) is 13.2 Å². The summed E-state index contributed by atoms with van der Waals surface area (Å²) >= 11 is 0.522. The number of alkyl halides is 3. The smallest absolute Gasteiger partial charge is 0.356 e. The molecule has 3 N–H and O–H groups in total. The van der Waals surface area contributed by atoms with Crippen LogP contribution in [0.5, 0.6) is 0 Å². The molecule has 1 aromatic heterocycles. The maximum absolute atomic E-state index is 12.3. The zero-order chi connectivity index (χ0) is 12.5. The highest BCUT2D eigenvalue weighted by Crippen LogP contribution is 2.33. The molecule has 17 heavy (non-hydrogen) atoms. The maximum atomic E-state index is 12.3. The predicted octanol–water partition coefficient (Wildman–Crippen LogP) is 2.24. The summed E-state index contributed by atoms with van der Waals surface area (Å²) in [7, 11) is 0. The Labute approximate surface area is 100 Å². The van der Waals surface area contributed by atoms with E-state index in [1.807, 2.05) is 0 Å². The lowest BCUT2D eigenvalue weighted by atomic mass is 9.91. The van der Waals surface area contributed by atoms with Crippen molar-refractivity contribution in [3.05, 3.63) is 5.01 Å². The van der Waals surface area contributed by atoms with E-state index in [1.54, 1.807) is 0 Å². The van der Waals surface area contributed by atoms with E-state index in [0.717, 1.165) is 25.7 Å². The number of hydrogen-bond acceptors (Lipinski definition) is 5. The minimum atomic E-state index is -4.42. The van der Waals surface area contributed by atoms with E-state index in [1.165, 1.54) is 0 Å². The number of nitrogens with one attached hydrogen (secondary N) is 1. The van der Waals surface area contributed by atoms with Crippen LogP contribution < -0.4 is 11.1 Å². The Morgan fingerprint density at radius 2 is 1.94 bits per heavy atom. The van der Waals surface area contributed by atoms with E-state index in [4.69, 9.17) is 5.73 Å². The van der Waals surface area contributed by atoms with Gasteiger partial charge in [-0.2, -0.15) is 13.2 Å². The predicted molar refractivity (Wildman–Crippen MR) is 58.8 cm³/mol. The number of halogens is 3. The number of hydrogen-bond donors (Lipinski definition) is 2. The van der Waals surface area contributed by atoms with Crippen molar-refractivity contribution in [2.75, 3.05) is 5.32 Å². The van der Waals surface area contributed by atoms with Crippen LogP contribution in [0.15, 0.2) is 0 Å².